The van der Waals surface area contributed by atoms with Gasteiger partial charge in [-0.25, -0.2) is 14.8 Å². The Kier molecular flexibility index (Phi) is 2.59. The number of aromatic amines is 1. The van der Waals surface area contributed by atoms with E-state index in [1.165, 1.54) is 11.8 Å². The molecule has 0 amide bonds. The summed E-state index contributed by atoms with van der Waals surface area (Å²) in [5, 5.41) is 9.44. The van der Waals surface area contributed by atoms with E-state index in [4.69, 9.17) is 5.26 Å². The van der Waals surface area contributed by atoms with E-state index in [9.17, 15) is 4.79 Å². The summed E-state index contributed by atoms with van der Waals surface area (Å²) in [5.41, 5.74) is 1.12. The van der Waals surface area contributed by atoms with Crippen LogP contribution in [0.25, 0.3) is 11.2 Å². The maximum atomic E-state index is 11.9. The molecule has 2 heterocycles. The number of H-pyrrole nitrogens is 1. The fraction of sp³-hybridized carbons (Fsp3) is 0.455. The molecule has 0 saturated heterocycles. The molecule has 0 aromatic carbocycles. The van der Waals surface area contributed by atoms with E-state index in [1.54, 1.807) is 10.8 Å². The molecule has 18 heavy (non-hydrogen) atoms. The lowest BCUT2D eigenvalue weighted by Crippen LogP contribution is -2.32. The Bertz CT molecular complexity index is 692. The number of hydrogen-bond donors (Lipinski definition) is 1. The predicted octanol–water partition coefficient (Wildman–Crippen LogP) is 1.32. The Morgan fingerprint density at radius 2 is 2.39 bits per heavy atom. The van der Waals surface area contributed by atoms with Crippen LogP contribution in [-0.4, -0.2) is 25.8 Å². The molecular weight excluding hydrogens is 250 g/mol. The average molecular weight is 261 g/mol. The van der Waals surface area contributed by atoms with Crippen LogP contribution in [0, 0.1) is 17.2 Å². The third kappa shape index (κ3) is 1.61. The summed E-state index contributed by atoms with van der Waals surface area (Å²) in [5.74, 6) is 0.0636. The molecule has 0 unspecified atom stereocenters. The fourth-order valence-electron chi connectivity index (χ4n) is 2.24. The number of hydrogen-bond acceptors (Lipinski definition) is 5. The molecule has 3 rings (SSSR count). The Balaban J connectivity index is 2.08. The highest BCUT2D eigenvalue weighted by Gasteiger charge is 2.33. The van der Waals surface area contributed by atoms with E-state index in [-0.39, 0.29) is 17.6 Å². The van der Waals surface area contributed by atoms with Crippen molar-refractivity contribution in [3.05, 3.63) is 16.7 Å². The first-order valence-electron chi connectivity index (χ1n) is 5.63. The standard InChI is InChI=1S/C11H11N5OS/c1-18-10-13-5-8-9(15-10)16(11(17)14-8)7-2-6(3-7)4-12/h5-7H,2-3H2,1H3,(H,14,17)/t6-,7-. The van der Waals surface area contributed by atoms with Crippen molar-refractivity contribution in [3.63, 3.8) is 0 Å². The summed E-state index contributed by atoms with van der Waals surface area (Å²) >= 11 is 1.44. The fourth-order valence-corrected chi connectivity index (χ4v) is 2.58. The van der Waals surface area contributed by atoms with Gasteiger partial charge in [0.2, 0.25) is 0 Å². The molecule has 6 nitrogen and oxygen atoms in total. The second kappa shape index (κ2) is 4.14. The monoisotopic (exact) mass is 261 g/mol. The molecule has 1 saturated carbocycles. The van der Waals surface area contributed by atoms with E-state index < -0.39 is 0 Å². The number of nitriles is 1. The van der Waals surface area contributed by atoms with Crippen LogP contribution in [0.15, 0.2) is 16.1 Å². The van der Waals surface area contributed by atoms with Crippen molar-refractivity contribution in [2.45, 2.75) is 24.0 Å². The molecule has 92 valence electrons. The zero-order chi connectivity index (χ0) is 12.7. The molecule has 0 radical (unpaired) electrons. The Morgan fingerprint density at radius 3 is 3.06 bits per heavy atom. The largest absolute Gasteiger partial charge is 0.327 e. The highest BCUT2D eigenvalue weighted by Crippen LogP contribution is 2.37. The molecule has 1 fully saturated rings. The third-order valence-corrected chi connectivity index (χ3v) is 3.84. The minimum absolute atomic E-state index is 0.0636. The minimum Gasteiger partial charge on any atom is -0.303 e. The highest BCUT2D eigenvalue weighted by atomic mass is 32.2. The molecule has 1 N–H and O–H groups in total. The van der Waals surface area contributed by atoms with Crippen LogP contribution in [0.3, 0.4) is 0 Å². The molecule has 1 aliphatic carbocycles. The van der Waals surface area contributed by atoms with Crippen LogP contribution in [0.4, 0.5) is 0 Å². The first-order valence-corrected chi connectivity index (χ1v) is 6.86. The number of imidazole rings is 1. The predicted molar refractivity (Wildman–Crippen MR) is 67.3 cm³/mol. The van der Waals surface area contributed by atoms with Crippen LogP contribution in [0.1, 0.15) is 18.9 Å². The van der Waals surface area contributed by atoms with E-state index in [1.807, 2.05) is 6.26 Å². The summed E-state index contributed by atoms with van der Waals surface area (Å²) in [6, 6.07) is 2.30. The third-order valence-electron chi connectivity index (χ3n) is 3.28. The zero-order valence-corrected chi connectivity index (χ0v) is 10.6. The Labute approximate surface area is 107 Å². The highest BCUT2D eigenvalue weighted by molar-refractivity contribution is 7.98. The molecule has 0 bridgehead atoms. The summed E-state index contributed by atoms with van der Waals surface area (Å²) < 4.78 is 1.66. The molecular formula is C11H11N5OS. The molecule has 0 atom stereocenters. The normalized spacial score (nSPS) is 22.7. The van der Waals surface area contributed by atoms with E-state index >= 15 is 0 Å². The number of fused-ring (bicyclic) bond motifs is 1. The van der Waals surface area contributed by atoms with Crippen molar-refractivity contribution in [3.8, 4) is 6.07 Å². The second-order valence-corrected chi connectivity index (χ2v) is 5.12. The van der Waals surface area contributed by atoms with Gasteiger partial charge in [0.25, 0.3) is 0 Å². The van der Waals surface area contributed by atoms with Gasteiger partial charge in [-0.05, 0) is 19.1 Å². The van der Waals surface area contributed by atoms with Gasteiger partial charge in [-0.2, -0.15) is 5.26 Å². The summed E-state index contributed by atoms with van der Waals surface area (Å²) in [4.78, 5) is 23.2. The molecule has 2 aromatic rings. The van der Waals surface area contributed by atoms with Gasteiger partial charge in [0.05, 0.1) is 18.2 Å². The van der Waals surface area contributed by atoms with E-state index in [0.717, 1.165) is 12.8 Å². The zero-order valence-electron chi connectivity index (χ0n) is 9.75. The summed E-state index contributed by atoms with van der Waals surface area (Å²) in [6.07, 6.45) is 4.97. The number of thioether (sulfide) groups is 1. The quantitative estimate of drug-likeness (QED) is 0.650. The van der Waals surface area contributed by atoms with Gasteiger partial charge in [0.1, 0.15) is 5.52 Å². The van der Waals surface area contributed by atoms with Gasteiger partial charge in [0, 0.05) is 6.04 Å². The first kappa shape index (κ1) is 11.3. The maximum absolute atomic E-state index is 11.9. The lowest BCUT2D eigenvalue weighted by molar-refractivity contribution is 0.248. The van der Waals surface area contributed by atoms with Gasteiger partial charge in [-0.15, -0.1) is 0 Å². The van der Waals surface area contributed by atoms with Crippen LogP contribution in [0.5, 0.6) is 0 Å². The van der Waals surface area contributed by atoms with Crippen LogP contribution in [-0.2, 0) is 0 Å². The summed E-state index contributed by atoms with van der Waals surface area (Å²) in [6.45, 7) is 0. The maximum Gasteiger partial charge on any atom is 0.327 e. The van der Waals surface area contributed by atoms with E-state index in [0.29, 0.717) is 16.3 Å². The molecule has 0 aliphatic heterocycles. The Morgan fingerprint density at radius 1 is 1.61 bits per heavy atom. The SMILES string of the molecule is CSc1ncc2[nH]c(=O)n([C@H]3C[C@H](C#N)C3)c2n1. The van der Waals surface area contributed by atoms with Gasteiger partial charge >= 0.3 is 5.69 Å². The molecule has 2 aromatic heterocycles. The molecule has 1 aliphatic rings. The Hall–Kier alpha value is -1.81. The lowest BCUT2D eigenvalue weighted by Gasteiger charge is -2.30. The molecule has 0 spiro atoms. The minimum atomic E-state index is -0.168. The van der Waals surface area contributed by atoms with Crippen LogP contribution >= 0.6 is 11.8 Å². The van der Waals surface area contributed by atoms with Gasteiger partial charge in [-0.3, -0.25) is 4.57 Å². The number of nitrogens with zero attached hydrogens (tertiary/aromatic N) is 4. The van der Waals surface area contributed by atoms with Crippen molar-refractivity contribution < 1.29 is 0 Å². The number of rotatable bonds is 2. The number of aromatic nitrogens is 4. The van der Waals surface area contributed by atoms with Crippen molar-refractivity contribution >= 4 is 22.9 Å². The first-order chi connectivity index (χ1) is 8.72. The van der Waals surface area contributed by atoms with Gasteiger partial charge in [-0.1, -0.05) is 11.8 Å². The van der Waals surface area contributed by atoms with Crippen molar-refractivity contribution in [2.24, 2.45) is 5.92 Å². The van der Waals surface area contributed by atoms with Crippen LogP contribution in [0.2, 0.25) is 0 Å². The van der Waals surface area contributed by atoms with Gasteiger partial charge < -0.3 is 4.98 Å². The smallest absolute Gasteiger partial charge is 0.303 e. The van der Waals surface area contributed by atoms with Crippen LogP contribution < -0.4 is 5.69 Å². The average Bonchev–Trinajstić information content (AvgIpc) is 2.64. The van der Waals surface area contributed by atoms with Crippen molar-refractivity contribution in [1.29, 1.82) is 5.26 Å². The van der Waals surface area contributed by atoms with Gasteiger partial charge in [0.15, 0.2) is 10.8 Å². The summed E-state index contributed by atoms with van der Waals surface area (Å²) in [7, 11) is 0. The van der Waals surface area contributed by atoms with Crippen molar-refractivity contribution in [2.75, 3.05) is 6.26 Å². The van der Waals surface area contributed by atoms with Crippen molar-refractivity contribution in [1.82, 2.24) is 19.5 Å². The van der Waals surface area contributed by atoms with E-state index in [2.05, 4.69) is 21.0 Å². The second-order valence-electron chi connectivity index (χ2n) is 4.35. The number of nitrogens with one attached hydrogen (secondary N) is 1. The lowest BCUT2D eigenvalue weighted by atomic mass is 9.81. The topological polar surface area (TPSA) is 87.4 Å². The molecule has 7 heteroatoms.